The Hall–Kier alpha value is -1.62. The lowest BCUT2D eigenvalue weighted by atomic mass is 10.1. The molecule has 1 amide bonds. The molecule has 0 atom stereocenters. The van der Waals surface area contributed by atoms with E-state index in [4.69, 9.17) is 10.5 Å². The fraction of sp³-hybridized carbons (Fsp3) is 0.462. The molecule has 0 bridgehead atoms. The zero-order valence-electron chi connectivity index (χ0n) is 10.9. The van der Waals surface area contributed by atoms with Gasteiger partial charge in [0.2, 0.25) is 5.91 Å². The fourth-order valence-corrected chi connectivity index (χ4v) is 1.39. The molecule has 0 saturated carbocycles. The van der Waals surface area contributed by atoms with E-state index in [0.29, 0.717) is 12.1 Å². The standard InChI is InChI=1S/C13H19FN2O2/c1-13(2,15)8-16-12(17)7-9-4-5-11(18-3)10(14)6-9/h4-6H,7-8,15H2,1-3H3,(H,16,17). The Morgan fingerprint density at radius 3 is 2.67 bits per heavy atom. The van der Waals surface area contributed by atoms with Crippen LogP contribution in [-0.4, -0.2) is 25.1 Å². The van der Waals surface area contributed by atoms with Gasteiger partial charge >= 0.3 is 0 Å². The van der Waals surface area contributed by atoms with E-state index in [9.17, 15) is 9.18 Å². The van der Waals surface area contributed by atoms with Crippen LogP contribution in [0.4, 0.5) is 4.39 Å². The number of hydrogen-bond acceptors (Lipinski definition) is 3. The number of nitrogens with two attached hydrogens (primary N) is 1. The smallest absolute Gasteiger partial charge is 0.224 e. The Morgan fingerprint density at radius 2 is 2.17 bits per heavy atom. The number of nitrogens with one attached hydrogen (secondary N) is 1. The highest BCUT2D eigenvalue weighted by atomic mass is 19.1. The van der Waals surface area contributed by atoms with Crippen molar-refractivity contribution in [3.05, 3.63) is 29.6 Å². The number of rotatable bonds is 5. The largest absolute Gasteiger partial charge is 0.494 e. The molecule has 1 aromatic carbocycles. The number of methoxy groups -OCH3 is 1. The molecule has 4 nitrogen and oxygen atoms in total. The molecule has 0 aromatic heterocycles. The minimum Gasteiger partial charge on any atom is -0.494 e. The molecular formula is C13H19FN2O2. The van der Waals surface area contributed by atoms with E-state index in [0.717, 1.165) is 0 Å². The molecule has 1 aromatic rings. The molecule has 1 rings (SSSR count). The quantitative estimate of drug-likeness (QED) is 0.830. The lowest BCUT2D eigenvalue weighted by molar-refractivity contribution is -0.120. The molecule has 0 aliphatic rings. The van der Waals surface area contributed by atoms with E-state index in [2.05, 4.69) is 5.32 Å². The molecule has 0 fully saturated rings. The van der Waals surface area contributed by atoms with Crippen molar-refractivity contribution >= 4 is 5.91 Å². The summed E-state index contributed by atoms with van der Waals surface area (Å²) in [5.41, 5.74) is 5.89. The first-order valence-electron chi connectivity index (χ1n) is 5.70. The summed E-state index contributed by atoms with van der Waals surface area (Å²) in [6, 6.07) is 4.46. The predicted molar refractivity (Wildman–Crippen MR) is 67.9 cm³/mol. The van der Waals surface area contributed by atoms with Gasteiger partial charge in [-0.25, -0.2) is 4.39 Å². The monoisotopic (exact) mass is 254 g/mol. The van der Waals surface area contributed by atoms with Crippen molar-refractivity contribution < 1.29 is 13.9 Å². The van der Waals surface area contributed by atoms with E-state index in [1.54, 1.807) is 6.07 Å². The number of amides is 1. The maximum absolute atomic E-state index is 13.4. The third-order valence-electron chi connectivity index (χ3n) is 2.32. The van der Waals surface area contributed by atoms with Gasteiger partial charge in [-0.05, 0) is 31.5 Å². The Labute approximate surface area is 106 Å². The first-order chi connectivity index (χ1) is 8.31. The number of hydrogen-bond donors (Lipinski definition) is 2. The van der Waals surface area contributed by atoms with E-state index >= 15 is 0 Å². The summed E-state index contributed by atoms with van der Waals surface area (Å²) in [6.07, 6.45) is 0.122. The SMILES string of the molecule is COc1ccc(CC(=O)NCC(C)(C)N)cc1F. The number of benzene rings is 1. The van der Waals surface area contributed by atoms with Gasteiger partial charge in [-0.3, -0.25) is 4.79 Å². The Morgan fingerprint density at radius 1 is 1.50 bits per heavy atom. The topological polar surface area (TPSA) is 64.3 Å². The van der Waals surface area contributed by atoms with Crippen molar-refractivity contribution in [2.24, 2.45) is 5.73 Å². The molecule has 0 spiro atoms. The average molecular weight is 254 g/mol. The number of ether oxygens (including phenoxy) is 1. The zero-order valence-corrected chi connectivity index (χ0v) is 10.9. The highest BCUT2D eigenvalue weighted by Gasteiger charge is 2.13. The molecular weight excluding hydrogens is 235 g/mol. The van der Waals surface area contributed by atoms with Crippen LogP contribution < -0.4 is 15.8 Å². The van der Waals surface area contributed by atoms with E-state index in [-0.39, 0.29) is 18.1 Å². The maximum Gasteiger partial charge on any atom is 0.224 e. The molecule has 0 unspecified atom stereocenters. The summed E-state index contributed by atoms with van der Waals surface area (Å²) in [4.78, 5) is 11.6. The second-order valence-electron chi connectivity index (χ2n) is 4.91. The lowest BCUT2D eigenvalue weighted by Crippen LogP contribution is -2.45. The van der Waals surface area contributed by atoms with Crippen LogP contribution in [-0.2, 0) is 11.2 Å². The molecule has 0 radical (unpaired) electrons. The normalized spacial score (nSPS) is 11.2. The Bertz CT molecular complexity index is 427. The van der Waals surface area contributed by atoms with Gasteiger partial charge in [-0.2, -0.15) is 0 Å². The van der Waals surface area contributed by atoms with Crippen molar-refractivity contribution in [3.8, 4) is 5.75 Å². The lowest BCUT2D eigenvalue weighted by Gasteiger charge is -2.18. The summed E-state index contributed by atoms with van der Waals surface area (Å²) in [5.74, 6) is -0.484. The van der Waals surface area contributed by atoms with Crippen molar-refractivity contribution in [2.45, 2.75) is 25.8 Å². The third-order valence-corrected chi connectivity index (χ3v) is 2.32. The van der Waals surface area contributed by atoms with Gasteiger partial charge in [0.25, 0.3) is 0 Å². The summed E-state index contributed by atoms with van der Waals surface area (Å²) in [5, 5.41) is 2.70. The second kappa shape index (κ2) is 5.82. The average Bonchev–Trinajstić information content (AvgIpc) is 2.26. The van der Waals surface area contributed by atoms with Crippen LogP contribution in [0.25, 0.3) is 0 Å². The van der Waals surface area contributed by atoms with Crippen molar-refractivity contribution in [1.82, 2.24) is 5.32 Å². The van der Waals surface area contributed by atoms with Gasteiger partial charge < -0.3 is 15.8 Å². The molecule has 100 valence electrons. The van der Waals surface area contributed by atoms with Crippen LogP contribution >= 0.6 is 0 Å². The Kier molecular flexibility index (Phi) is 4.67. The van der Waals surface area contributed by atoms with Crippen molar-refractivity contribution in [2.75, 3.05) is 13.7 Å². The highest BCUT2D eigenvalue weighted by molar-refractivity contribution is 5.78. The van der Waals surface area contributed by atoms with Crippen LogP contribution in [0.5, 0.6) is 5.75 Å². The summed E-state index contributed by atoms with van der Waals surface area (Å²) >= 11 is 0. The van der Waals surface area contributed by atoms with Crippen LogP contribution in [0.15, 0.2) is 18.2 Å². The van der Waals surface area contributed by atoms with Crippen LogP contribution in [0, 0.1) is 5.82 Å². The van der Waals surface area contributed by atoms with Gasteiger partial charge in [-0.1, -0.05) is 6.07 Å². The highest BCUT2D eigenvalue weighted by Crippen LogP contribution is 2.17. The van der Waals surface area contributed by atoms with Crippen LogP contribution in [0.1, 0.15) is 19.4 Å². The van der Waals surface area contributed by atoms with Gasteiger partial charge in [0.1, 0.15) is 0 Å². The number of carbonyl (C=O) groups is 1. The predicted octanol–water partition coefficient (Wildman–Crippen LogP) is 1.23. The van der Waals surface area contributed by atoms with Crippen LogP contribution in [0.3, 0.4) is 0 Å². The number of carbonyl (C=O) groups excluding carboxylic acids is 1. The molecule has 0 heterocycles. The fourth-order valence-electron chi connectivity index (χ4n) is 1.39. The Balaban J connectivity index is 2.57. The van der Waals surface area contributed by atoms with Gasteiger partial charge in [-0.15, -0.1) is 0 Å². The summed E-state index contributed by atoms with van der Waals surface area (Å²) in [7, 11) is 1.40. The maximum atomic E-state index is 13.4. The first kappa shape index (κ1) is 14.4. The third kappa shape index (κ3) is 4.71. The van der Waals surface area contributed by atoms with E-state index in [1.165, 1.54) is 19.2 Å². The second-order valence-corrected chi connectivity index (χ2v) is 4.91. The van der Waals surface area contributed by atoms with Crippen molar-refractivity contribution in [3.63, 3.8) is 0 Å². The molecule has 0 aliphatic carbocycles. The van der Waals surface area contributed by atoms with Gasteiger partial charge in [0.05, 0.1) is 13.5 Å². The molecule has 0 saturated heterocycles. The van der Waals surface area contributed by atoms with E-state index < -0.39 is 11.4 Å². The van der Waals surface area contributed by atoms with Gasteiger partial charge in [0.15, 0.2) is 11.6 Å². The van der Waals surface area contributed by atoms with E-state index in [1.807, 2.05) is 13.8 Å². The summed E-state index contributed by atoms with van der Waals surface area (Å²) in [6.45, 7) is 4.02. The minimum absolute atomic E-state index is 0.122. The molecule has 0 aliphatic heterocycles. The molecule has 18 heavy (non-hydrogen) atoms. The summed E-state index contributed by atoms with van der Waals surface area (Å²) < 4.78 is 18.2. The van der Waals surface area contributed by atoms with Crippen LogP contribution in [0.2, 0.25) is 0 Å². The van der Waals surface area contributed by atoms with Gasteiger partial charge in [0, 0.05) is 12.1 Å². The number of halogens is 1. The molecule has 5 heteroatoms. The zero-order chi connectivity index (χ0) is 13.8. The first-order valence-corrected chi connectivity index (χ1v) is 5.70. The van der Waals surface area contributed by atoms with Crippen molar-refractivity contribution in [1.29, 1.82) is 0 Å². The molecule has 3 N–H and O–H groups in total. The minimum atomic E-state index is -0.470.